The van der Waals surface area contributed by atoms with E-state index in [-0.39, 0.29) is 0 Å². The molecule has 0 bridgehead atoms. The number of rotatable bonds is 6. The molecule has 0 heterocycles. The van der Waals surface area contributed by atoms with Gasteiger partial charge in [-0.1, -0.05) is 22.9 Å². The van der Waals surface area contributed by atoms with E-state index in [0.29, 0.717) is 5.92 Å². The Bertz CT molecular complexity index is 331. The molecule has 1 aromatic rings. The number of ether oxygens (including phenoxy) is 1. The molecule has 1 rings (SSSR count). The normalized spacial score (nSPS) is 12.5. The van der Waals surface area contributed by atoms with Crippen LogP contribution in [0.15, 0.2) is 27.1 Å². The maximum absolute atomic E-state index is 5.70. The third kappa shape index (κ3) is 5.07. The first-order valence-corrected chi connectivity index (χ1v) is 7.39. The van der Waals surface area contributed by atoms with Crippen molar-refractivity contribution >= 4 is 43.5 Å². The Morgan fingerprint density at radius 2 is 2.06 bits per heavy atom. The van der Waals surface area contributed by atoms with Crippen molar-refractivity contribution in [2.24, 2.45) is 5.92 Å². The van der Waals surface area contributed by atoms with Crippen LogP contribution in [0.5, 0.6) is 5.75 Å². The monoisotopic (exact) mass is 368 g/mol. The summed E-state index contributed by atoms with van der Waals surface area (Å²) in [4.78, 5) is 0. The molecule has 4 heteroatoms. The highest BCUT2D eigenvalue weighted by Crippen LogP contribution is 2.28. The highest BCUT2D eigenvalue weighted by Gasteiger charge is 2.04. The fourth-order valence-corrected chi connectivity index (χ4v) is 2.83. The van der Waals surface area contributed by atoms with E-state index in [1.807, 2.05) is 18.2 Å². The highest BCUT2D eigenvalue weighted by molar-refractivity contribution is 9.11. The minimum Gasteiger partial charge on any atom is -0.492 e. The summed E-state index contributed by atoms with van der Waals surface area (Å²) in [5.74, 6) is 2.23. The Hall–Kier alpha value is 0.270. The van der Waals surface area contributed by atoms with Crippen molar-refractivity contribution in [3.63, 3.8) is 0 Å². The van der Waals surface area contributed by atoms with Crippen molar-refractivity contribution < 1.29 is 4.74 Å². The Morgan fingerprint density at radius 1 is 1.31 bits per heavy atom. The largest absolute Gasteiger partial charge is 0.492 e. The Morgan fingerprint density at radius 3 is 2.69 bits per heavy atom. The van der Waals surface area contributed by atoms with E-state index in [4.69, 9.17) is 16.3 Å². The fraction of sp³-hybridized carbons (Fsp3) is 0.500. The quantitative estimate of drug-likeness (QED) is 0.622. The summed E-state index contributed by atoms with van der Waals surface area (Å²) < 4.78 is 7.72. The molecule has 0 aliphatic heterocycles. The third-order valence-corrected chi connectivity index (χ3v) is 3.70. The van der Waals surface area contributed by atoms with Gasteiger partial charge >= 0.3 is 0 Å². The average molecular weight is 371 g/mol. The Labute approximate surface area is 119 Å². The van der Waals surface area contributed by atoms with Crippen LogP contribution in [0.4, 0.5) is 0 Å². The molecule has 0 aliphatic carbocycles. The van der Waals surface area contributed by atoms with Gasteiger partial charge in [-0.05, 0) is 52.9 Å². The lowest BCUT2D eigenvalue weighted by atomic mass is 10.1. The summed E-state index contributed by atoms with van der Waals surface area (Å²) in [6.45, 7) is 2.93. The number of alkyl halides is 1. The van der Waals surface area contributed by atoms with Crippen LogP contribution in [0.1, 0.15) is 19.8 Å². The van der Waals surface area contributed by atoms with Crippen molar-refractivity contribution in [1.29, 1.82) is 0 Å². The van der Waals surface area contributed by atoms with Crippen molar-refractivity contribution in [1.82, 2.24) is 0 Å². The van der Waals surface area contributed by atoms with Crippen LogP contribution < -0.4 is 4.74 Å². The first kappa shape index (κ1) is 14.3. The molecular weight excluding hydrogens is 355 g/mol. The van der Waals surface area contributed by atoms with Gasteiger partial charge in [0.15, 0.2) is 0 Å². The fourth-order valence-electron chi connectivity index (χ4n) is 1.29. The van der Waals surface area contributed by atoms with E-state index < -0.39 is 0 Å². The number of benzene rings is 1. The summed E-state index contributed by atoms with van der Waals surface area (Å²) >= 11 is 12.6. The second kappa shape index (κ2) is 7.57. The molecule has 0 N–H and O–H groups in total. The summed E-state index contributed by atoms with van der Waals surface area (Å²) in [6, 6.07) is 5.92. The second-order valence-electron chi connectivity index (χ2n) is 3.79. The summed E-state index contributed by atoms with van der Waals surface area (Å²) in [6.07, 6.45) is 2.08. The molecule has 1 atom stereocenters. The third-order valence-electron chi connectivity index (χ3n) is 2.36. The molecule has 0 fully saturated rings. The highest BCUT2D eigenvalue weighted by atomic mass is 79.9. The lowest BCUT2D eigenvalue weighted by Gasteiger charge is -2.12. The van der Waals surface area contributed by atoms with Gasteiger partial charge in [-0.15, -0.1) is 11.6 Å². The van der Waals surface area contributed by atoms with E-state index in [1.54, 1.807) is 0 Å². The van der Waals surface area contributed by atoms with Crippen LogP contribution in [-0.4, -0.2) is 12.5 Å². The number of halogens is 3. The van der Waals surface area contributed by atoms with Gasteiger partial charge in [0.05, 0.1) is 11.1 Å². The van der Waals surface area contributed by atoms with Crippen LogP contribution in [0, 0.1) is 5.92 Å². The standard InChI is InChI=1S/C12H15Br2ClO/c1-9(4-6-15)5-7-16-12-3-2-10(13)8-11(12)14/h2-3,8-9H,4-7H2,1H3. The first-order chi connectivity index (χ1) is 7.63. The van der Waals surface area contributed by atoms with Crippen LogP contribution in [-0.2, 0) is 0 Å². The van der Waals surface area contributed by atoms with Gasteiger partial charge in [0.1, 0.15) is 5.75 Å². The number of hydrogen-bond donors (Lipinski definition) is 0. The molecule has 0 aromatic heterocycles. The summed E-state index contributed by atoms with van der Waals surface area (Å²) in [5.41, 5.74) is 0. The molecule has 1 unspecified atom stereocenters. The van der Waals surface area contributed by atoms with E-state index in [0.717, 1.165) is 40.0 Å². The molecule has 0 aliphatic rings. The van der Waals surface area contributed by atoms with Crippen molar-refractivity contribution in [2.45, 2.75) is 19.8 Å². The molecular formula is C12H15Br2ClO. The lowest BCUT2D eigenvalue weighted by molar-refractivity contribution is 0.280. The topological polar surface area (TPSA) is 9.23 Å². The molecule has 1 aromatic carbocycles. The molecule has 0 saturated heterocycles. The molecule has 0 amide bonds. The Balaban J connectivity index is 2.37. The van der Waals surface area contributed by atoms with Crippen molar-refractivity contribution in [3.8, 4) is 5.75 Å². The maximum atomic E-state index is 5.70. The predicted molar refractivity (Wildman–Crippen MR) is 76.5 cm³/mol. The van der Waals surface area contributed by atoms with Gasteiger partial charge < -0.3 is 4.74 Å². The first-order valence-electron chi connectivity index (χ1n) is 5.27. The summed E-state index contributed by atoms with van der Waals surface area (Å²) in [7, 11) is 0. The molecule has 0 radical (unpaired) electrons. The van der Waals surface area contributed by atoms with Crippen LogP contribution in [0.25, 0.3) is 0 Å². The van der Waals surface area contributed by atoms with Gasteiger partial charge in [0, 0.05) is 10.4 Å². The van der Waals surface area contributed by atoms with E-state index >= 15 is 0 Å². The predicted octanol–water partition coefficient (Wildman–Crippen LogP) is 5.25. The average Bonchev–Trinajstić information content (AvgIpc) is 2.22. The van der Waals surface area contributed by atoms with E-state index in [2.05, 4.69) is 38.8 Å². The lowest BCUT2D eigenvalue weighted by Crippen LogP contribution is -2.05. The van der Waals surface area contributed by atoms with E-state index in [9.17, 15) is 0 Å². The molecule has 90 valence electrons. The van der Waals surface area contributed by atoms with Crippen LogP contribution >= 0.6 is 43.5 Å². The second-order valence-corrected chi connectivity index (χ2v) is 5.94. The molecule has 1 nitrogen and oxygen atoms in total. The minimum atomic E-state index is 0.617. The zero-order chi connectivity index (χ0) is 12.0. The Kier molecular flexibility index (Phi) is 6.78. The van der Waals surface area contributed by atoms with Crippen LogP contribution in [0.3, 0.4) is 0 Å². The van der Waals surface area contributed by atoms with Gasteiger partial charge in [-0.25, -0.2) is 0 Å². The van der Waals surface area contributed by atoms with E-state index in [1.165, 1.54) is 0 Å². The van der Waals surface area contributed by atoms with Gasteiger partial charge in [0.2, 0.25) is 0 Å². The summed E-state index contributed by atoms with van der Waals surface area (Å²) in [5, 5.41) is 0. The molecule has 0 spiro atoms. The maximum Gasteiger partial charge on any atom is 0.133 e. The van der Waals surface area contributed by atoms with Crippen LogP contribution in [0.2, 0.25) is 0 Å². The minimum absolute atomic E-state index is 0.617. The van der Waals surface area contributed by atoms with Gasteiger partial charge in [-0.3, -0.25) is 0 Å². The van der Waals surface area contributed by atoms with Crippen molar-refractivity contribution in [2.75, 3.05) is 12.5 Å². The smallest absolute Gasteiger partial charge is 0.133 e. The van der Waals surface area contributed by atoms with Gasteiger partial charge in [-0.2, -0.15) is 0 Å². The SMILES string of the molecule is CC(CCCl)CCOc1ccc(Br)cc1Br. The zero-order valence-corrected chi connectivity index (χ0v) is 13.1. The molecule has 16 heavy (non-hydrogen) atoms. The number of hydrogen-bond acceptors (Lipinski definition) is 1. The zero-order valence-electron chi connectivity index (χ0n) is 9.18. The molecule has 0 saturated carbocycles. The van der Waals surface area contributed by atoms with Crippen molar-refractivity contribution in [3.05, 3.63) is 27.1 Å². The van der Waals surface area contributed by atoms with Gasteiger partial charge in [0.25, 0.3) is 0 Å².